The largest absolute Gasteiger partial charge is 0.494 e. The van der Waals surface area contributed by atoms with Crippen LogP contribution in [0, 0.1) is 6.92 Å². The smallest absolute Gasteiger partial charge is 0.250 e. The highest BCUT2D eigenvalue weighted by Crippen LogP contribution is 2.16. The highest BCUT2D eigenvalue weighted by Gasteiger charge is 2.01. The molecular weight excluding hydrogens is 272 g/mol. The number of nitrogens with zero attached hydrogens (tertiary/aromatic N) is 1. The first-order valence-electron chi connectivity index (χ1n) is 6.31. The number of nitrogens with one attached hydrogen (secondary N) is 1. The maximum atomic E-state index is 11.7. The number of anilines is 1. The molecule has 5 heteroatoms. The minimum Gasteiger partial charge on any atom is -0.494 e. The van der Waals surface area contributed by atoms with Crippen LogP contribution >= 0.6 is 11.3 Å². The van der Waals surface area contributed by atoms with Gasteiger partial charge in [-0.3, -0.25) is 10.1 Å². The van der Waals surface area contributed by atoms with Crippen molar-refractivity contribution in [1.29, 1.82) is 0 Å². The van der Waals surface area contributed by atoms with E-state index in [1.54, 1.807) is 12.3 Å². The van der Waals surface area contributed by atoms with Crippen molar-refractivity contribution >= 4 is 28.5 Å². The van der Waals surface area contributed by atoms with Crippen molar-refractivity contribution in [2.45, 2.75) is 13.8 Å². The molecule has 0 spiro atoms. The predicted octanol–water partition coefficient (Wildman–Crippen LogP) is 3.50. The molecular formula is C15H16N2O2S. The Morgan fingerprint density at radius 3 is 2.75 bits per heavy atom. The number of rotatable bonds is 5. The second kappa shape index (κ2) is 6.86. The minimum absolute atomic E-state index is 0.187. The van der Waals surface area contributed by atoms with Gasteiger partial charge in [-0.1, -0.05) is 12.1 Å². The molecule has 0 radical (unpaired) electrons. The van der Waals surface area contributed by atoms with Crippen molar-refractivity contribution in [3.63, 3.8) is 0 Å². The molecule has 0 atom stereocenters. The van der Waals surface area contributed by atoms with Crippen LogP contribution in [0.1, 0.15) is 17.4 Å². The number of thiazole rings is 1. The first kappa shape index (κ1) is 14.3. The second-order valence-electron chi connectivity index (χ2n) is 4.10. The van der Waals surface area contributed by atoms with Gasteiger partial charge in [0, 0.05) is 17.2 Å². The van der Waals surface area contributed by atoms with E-state index in [4.69, 9.17) is 4.74 Å². The first-order chi connectivity index (χ1) is 9.67. The molecule has 1 N–H and O–H groups in total. The van der Waals surface area contributed by atoms with Crippen LogP contribution in [0.3, 0.4) is 0 Å². The quantitative estimate of drug-likeness (QED) is 0.857. The fourth-order valence-electron chi connectivity index (χ4n) is 1.57. The standard InChI is InChI=1S/C15H16N2O2S/c1-3-19-13-7-4-12(5-8-13)6-9-14(18)17-15-16-10-11(2)20-15/h4-10H,3H2,1-2H3,(H,16,17,18). The Hall–Kier alpha value is -2.14. The van der Waals surface area contributed by atoms with Crippen molar-refractivity contribution < 1.29 is 9.53 Å². The highest BCUT2D eigenvalue weighted by atomic mass is 32.1. The summed E-state index contributed by atoms with van der Waals surface area (Å²) in [6, 6.07) is 7.57. The van der Waals surface area contributed by atoms with Gasteiger partial charge in [0.25, 0.3) is 0 Å². The molecule has 0 unspecified atom stereocenters. The summed E-state index contributed by atoms with van der Waals surface area (Å²) in [6.07, 6.45) is 4.98. The van der Waals surface area contributed by atoms with Gasteiger partial charge in [-0.2, -0.15) is 0 Å². The summed E-state index contributed by atoms with van der Waals surface area (Å²) in [5.74, 6) is 0.639. The summed E-state index contributed by atoms with van der Waals surface area (Å²) in [5.41, 5.74) is 0.943. The van der Waals surface area contributed by atoms with Crippen LogP contribution in [-0.4, -0.2) is 17.5 Å². The molecule has 4 nitrogen and oxygen atoms in total. The van der Waals surface area contributed by atoms with Gasteiger partial charge in [-0.15, -0.1) is 11.3 Å². The Bertz CT molecular complexity index is 603. The Kier molecular flexibility index (Phi) is 4.90. The van der Waals surface area contributed by atoms with Gasteiger partial charge >= 0.3 is 0 Å². The summed E-state index contributed by atoms with van der Waals surface area (Å²) in [7, 11) is 0. The second-order valence-corrected chi connectivity index (χ2v) is 5.34. The molecule has 2 aromatic rings. The molecule has 0 bridgehead atoms. The van der Waals surface area contributed by atoms with E-state index in [1.165, 1.54) is 17.4 Å². The van der Waals surface area contributed by atoms with E-state index >= 15 is 0 Å². The lowest BCUT2D eigenvalue weighted by Gasteiger charge is -2.02. The Labute approximate surface area is 122 Å². The average Bonchev–Trinajstić information content (AvgIpc) is 2.84. The van der Waals surface area contributed by atoms with Crippen LogP contribution in [0.4, 0.5) is 5.13 Å². The number of aryl methyl sites for hydroxylation is 1. The van der Waals surface area contributed by atoms with Crippen LogP contribution in [0.25, 0.3) is 6.08 Å². The molecule has 0 aliphatic rings. The number of benzene rings is 1. The van der Waals surface area contributed by atoms with Crippen LogP contribution in [0.2, 0.25) is 0 Å². The van der Waals surface area contributed by atoms with Crippen molar-refractivity contribution in [2.75, 3.05) is 11.9 Å². The summed E-state index contributed by atoms with van der Waals surface area (Å²) in [4.78, 5) is 16.9. The van der Waals surface area contributed by atoms with E-state index < -0.39 is 0 Å². The SMILES string of the molecule is CCOc1ccc(C=CC(=O)Nc2ncc(C)s2)cc1. The molecule has 0 saturated heterocycles. The number of hydrogen-bond acceptors (Lipinski definition) is 4. The molecule has 20 heavy (non-hydrogen) atoms. The Morgan fingerprint density at radius 2 is 2.15 bits per heavy atom. The molecule has 0 aliphatic heterocycles. The van der Waals surface area contributed by atoms with Gasteiger partial charge < -0.3 is 4.74 Å². The zero-order valence-corrected chi connectivity index (χ0v) is 12.2. The third-order valence-corrected chi connectivity index (χ3v) is 3.30. The summed E-state index contributed by atoms with van der Waals surface area (Å²) in [6.45, 7) is 4.53. The van der Waals surface area contributed by atoms with Crippen LogP contribution in [0.5, 0.6) is 5.75 Å². The van der Waals surface area contributed by atoms with E-state index in [2.05, 4.69) is 10.3 Å². The van der Waals surface area contributed by atoms with Gasteiger partial charge in [0.1, 0.15) is 5.75 Å². The lowest BCUT2D eigenvalue weighted by molar-refractivity contribution is -0.111. The van der Waals surface area contributed by atoms with E-state index in [-0.39, 0.29) is 5.91 Å². The molecule has 0 aliphatic carbocycles. The Balaban J connectivity index is 1.93. The molecule has 1 aromatic carbocycles. The minimum atomic E-state index is -0.187. The van der Waals surface area contributed by atoms with E-state index in [0.717, 1.165) is 16.2 Å². The van der Waals surface area contributed by atoms with Gasteiger partial charge in [-0.25, -0.2) is 4.98 Å². The van der Waals surface area contributed by atoms with Gasteiger partial charge in [0.15, 0.2) is 5.13 Å². The molecule has 1 amide bonds. The molecule has 1 heterocycles. The zero-order valence-electron chi connectivity index (χ0n) is 11.4. The number of carbonyl (C=O) groups is 1. The Morgan fingerprint density at radius 1 is 1.40 bits per heavy atom. The summed E-state index contributed by atoms with van der Waals surface area (Å²) < 4.78 is 5.36. The first-order valence-corrected chi connectivity index (χ1v) is 7.13. The number of aromatic nitrogens is 1. The van der Waals surface area contributed by atoms with Gasteiger partial charge in [-0.05, 0) is 37.6 Å². The average molecular weight is 288 g/mol. The van der Waals surface area contributed by atoms with Crippen LogP contribution < -0.4 is 10.1 Å². The lowest BCUT2D eigenvalue weighted by Crippen LogP contribution is -2.07. The summed E-state index contributed by atoms with van der Waals surface area (Å²) >= 11 is 1.45. The van der Waals surface area contributed by atoms with Crippen LogP contribution in [0.15, 0.2) is 36.5 Å². The van der Waals surface area contributed by atoms with Gasteiger partial charge in [0.05, 0.1) is 6.61 Å². The molecule has 1 aromatic heterocycles. The van der Waals surface area contributed by atoms with E-state index in [1.807, 2.05) is 38.1 Å². The third-order valence-electron chi connectivity index (χ3n) is 2.47. The highest BCUT2D eigenvalue weighted by molar-refractivity contribution is 7.15. The normalized spacial score (nSPS) is 10.7. The number of carbonyl (C=O) groups excluding carboxylic acids is 1. The number of ether oxygens (including phenoxy) is 1. The topological polar surface area (TPSA) is 51.2 Å². The van der Waals surface area contributed by atoms with Gasteiger partial charge in [0.2, 0.25) is 5.91 Å². The number of hydrogen-bond donors (Lipinski definition) is 1. The fraction of sp³-hybridized carbons (Fsp3) is 0.200. The van der Waals surface area contributed by atoms with Crippen molar-refractivity contribution in [3.8, 4) is 5.75 Å². The van der Waals surface area contributed by atoms with Crippen molar-refractivity contribution in [1.82, 2.24) is 4.98 Å². The summed E-state index contributed by atoms with van der Waals surface area (Å²) in [5, 5.41) is 3.34. The predicted molar refractivity (Wildman–Crippen MR) is 82.1 cm³/mol. The molecule has 104 valence electrons. The van der Waals surface area contributed by atoms with Crippen LogP contribution in [-0.2, 0) is 4.79 Å². The van der Waals surface area contributed by atoms with Crippen molar-refractivity contribution in [2.24, 2.45) is 0 Å². The third kappa shape index (κ3) is 4.20. The molecule has 2 rings (SSSR count). The maximum absolute atomic E-state index is 11.7. The van der Waals surface area contributed by atoms with E-state index in [0.29, 0.717) is 11.7 Å². The number of amides is 1. The monoisotopic (exact) mass is 288 g/mol. The lowest BCUT2D eigenvalue weighted by atomic mass is 10.2. The molecule has 0 saturated carbocycles. The zero-order chi connectivity index (χ0) is 14.4. The van der Waals surface area contributed by atoms with Crippen molar-refractivity contribution in [3.05, 3.63) is 47.0 Å². The van der Waals surface area contributed by atoms with E-state index in [9.17, 15) is 4.79 Å². The fourth-order valence-corrected chi connectivity index (χ4v) is 2.24. The maximum Gasteiger partial charge on any atom is 0.250 e. The molecule has 0 fully saturated rings.